The van der Waals surface area contributed by atoms with Crippen LogP contribution in [0.4, 0.5) is 0 Å². The molecule has 6 nitrogen and oxygen atoms in total. The Bertz CT molecular complexity index is 450. The van der Waals surface area contributed by atoms with Crippen LogP contribution >= 0.6 is 0 Å². The lowest BCUT2D eigenvalue weighted by Crippen LogP contribution is -2.55. The largest absolute Gasteiger partial charge is 0.396 e. The lowest BCUT2D eigenvalue weighted by atomic mass is 9.80. The van der Waals surface area contributed by atoms with E-state index in [9.17, 15) is 15.3 Å². The second-order valence-corrected chi connectivity index (χ2v) is 8.68. The van der Waals surface area contributed by atoms with Crippen molar-refractivity contribution < 1.29 is 29.5 Å². The highest BCUT2D eigenvalue weighted by molar-refractivity contribution is 4.94. The molecule has 0 aromatic rings. The van der Waals surface area contributed by atoms with Gasteiger partial charge in [0.2, 0.25) is 0 Å². The van der Waals surface area contributed by atoms with Crippen molar-refractivity contribution in [3.8, 4) is 0 Å². The van der Waals surface area contributed by atoms with Gasteiger partial charge in [-0.25, -0.2) is 0 Å². The van der Waals surface area contributed by atoms with E-state index >= 15 is 0 Å². The fourth-order valence-electron chi connectivity index (χ4n) is 3.49. The van der Waals surface area contributed by atoms with Crippen molar-refractivity contribution >= 4 is 0 Å². The van der Waals surface area contributed by atoms with Crippen LogP contribution < -0.4 is 0 Å². The molecule has 154 valence electrons. The number of hydrogen-bond acceptors (Lipinski definition) is 6. The minimum Gasteiger partial charge on any atom is -0.396 e. The van der Waals surface area contributed by atoms with Crippen molar-refractivity contribution in [1.29, 1.82) is 0 Å². The van der Waals surface area contributed by atoms with Gasteiger partial charge in [-0.1, -0.05) is 33.8 Å². The van der Waals surface area contributed by atoms with E-state index < -0.39 is 29.5 Å². The van der Waals surface area contributed by atoms with E-state index in [1.54, 1.807) is 13.8 Å². The van der Waals surface area contributed by atoms with Gasteiger partial charge in [-0.2, -0.15) is 0 Å². The van der Waals surface area contributed by atoms with Crippen molar-refractivity contribution in [3.05, 3.63) is 12.7 Å². The maximum atomic E-state index is 10.6. The zero-order chi connectivity index (χ0) is 20.3. The molecule has 0 aliphatic carbocycles. The van der Waals surface area contributed by atoms with Crippen LogP contribution in [0.15, 0.2) is 12.7 Å². The summed E-state index contributed by atoms with van der Waals surface area (Å²) < 4.78 is 17.7. The molecule has 0 unspecified atom stereocenters. The van der Waals surface area contributed by atoms with Crippen LogP contribution in [0.2, 0.25) is 0 Å². The van der Waals surface area contributed by atoms with Gasteiger partial charge in [0.05, 0.1) is 31.0 Å². The van der Waals surface area contributed by atoms with E-state index in [0.29, 0.717) is 6.42 Å². The third kappa shape index (κ3) is 5.50. The molecule has 6 heteroatoms. The average molecular weight is 375 g/mol. The Hall–Kier alpha value is -0.500. The standard InChI is InChI=1S/C20H38O6/c1-9-12(2)17-13(3)14(25-20(6,7)26-17)10-15(24-8)16(22)18(23)19(4,5)11-21/h9,12-18,21-23H,1,10-11H2,2-8H3/t12-,13+,14+,15+,16-,17-,18+/m1/s1. The van der Waals surface area contributed by atoms with Gasteiger partial charge >= 0.3 is 0 Å². The van der Waals surface area contributed by atoms with Crippen molar-refractivity contribution in [2.75, 3.05) is 13.7 Å². The van der Waals surface area contributed by atoms with Crippen molar-refractivity contribution in [1.82, 2.24) is 0 Å². The lowest BCUT2D eigenvalue weighted by Gasteiger charge is -2.47. The smallest absolute Gasteiger partial charge is 0.163 e. The summed E-state index contributed by atoms with van der Waals surface area (Å²) in [6.45, 7) is 14.9. The minimum atomic E-state index is -1.14. The number of rotatable bonds is 9. The van der Waals surface area contributed by atoms with Gasteiger partial charge in [0.25, 0.3) is 0 Å². The number of aliphatic hydroxyl groups is 3. The highest BCUT2D eigenvalue weighted by atomic mass is 16.7. The van der Waals surface area contributed by atoms with Crippen molar-refractivity contribution in [2.24, 2.45) is 17.3 Å². The Morgan fingerprint density at radius 3 is 2.31 bits per heavy atom. The third-order valence-electron chi connectivity index (χ3n) is 5.53. The maximum Gasteiger partial charge on any atom is 0.163 e. The van der Waals surface area contributed by atoms with Crippen LogP contribution in [0.3, 0.4) is 0 Å². The summed E-state index contributed by atoms with van der Waals surface area (Å²) in [5.41, 5.74) is -0.836. The fourth-order valence-corrected chi connectivity index (χ4v) is 3.49. The molecule has 7 atom stereocenters. The molecule has 1 aliphatic rings. The quantitative estimate of drug-likeness (QED) is 0.536. The summed E-state index contributed by atoms with van der Waals surface area (Å²) in [6.07, 6.45) is -0.884. The highest BCUT2D eigenvalue weighted by Crippen LogP contribution is 2.37. The lowest BCUT2D eigenvalue weighted by molar-refractivity contribution is -0.329. The molecule has 0 radical (unpaired) electrons. The first-order chi connectivity index (χ1) is 11.9. The molecule has 0 spiro atoms. The molecule has 3 N–H and O–H groups in total. The first-order valence-corrected chi connectivity index (χ1v) is 9.38. The molecule has 0 aromatic heterocycles. The van der Waals surface area contributed by atoms with E-state index in [4.69, 9.17) is 14.2 Å². The highest BCUT2D eigenvalue weighted by Gasteiger charge is 2.45. The number of methoxy groups -OCH3 is 1. The van der Waals surface area contributed by atoms with E-state index in [1.165, 1.54) is 7.11 Å². The molecule has 0 aromatic carbocycles. The van der Waals surface area contributed by atoms with Crippen LogP contribution in [0.25, 0.3) is 0 Å². The molecule has 26 heavy (non-hydrogen) atoms. The Morgan fingerprint density at radius 1 is 1.27 bits per heavy atom. The molecule has 1 rings (SSSR count). The maximum absolute atomic E-state index is 10.6. The summed E-state index contributed by atoms with van der Waals surface area (Å²) in [7, 11) is 1.51. The first-order valence-electron chi connectivity index (χ1n) is 9.38. The van der Waals surface area contributed by atoms with Gasteiger partial charge in [0.15, 0.2) is 5.79 Å². The van der Waals surface area contributed by atoms with Crippen molar-refractivity contribution in [2.45, 2.75) is 84.3 Å². The summed E-state index contributed by atoms with van der Waals surface area (Å²) in [5, 5.41) is 30.5. The third-order valence-corrected chi connectivity index (χ3v) is 5.53. The van der Waals surface area contributed by atoms with Gasteiger partial charge in [-0.05, 0) is 13.8 Å². The first kappa shape index (κ1) is 23.5. The summed E-state index contributed by atoms with van der Waals surface area (Å²) >= 11 is 0. The van der Waals surface area contributed by atoms with Gasteiger partial charge in [-0.15, -0.1) is 6.58 Å². The van der Waals surface area contributed by atoms with Crippen molar-refractivity contribution in [3.63, 3.8) is 0 Å². The number of ether oxygens (including phenoxy) is 3. The normalized spacial score (nSPS) is 31.1. The second kappa shape index (κ2) is 9.13. The zero-order valence-electron chi connectivity index (χ0n) is 17.3. The average Bonchev–Trinajstić information content (AvgIpc) is 2.59. The van der Waals surface area contributed by atoms with Gasteiger partial charge in [0, 0.05) is 30.8 Å². The predicted molar refractivity (Wildman–Crippen MR) is 101 cm³/mol. The van der Waals surface area contributed by atoms with Crippen LogP contribution in [0.1, 0.15) is 48.0 Å². The van der Waals surface area contributed by atoms with E-state index in [-0.39, 0.29) is 30.7 Å². The second-order valence-electron chi connectivity index (χ2n) is 8.68. The fraction of sp³-hybridized carbons (Fsp3) is 0.900. The monoisotopic (exact) mass is 374 g/mol. The zero-order valence-corrected chi connectivity index (χ0v) is 17.3. The summed E-state index contributed by atoms with van der Waals surface area (Å²) in [6, 6.07) is 0. The van der Waals surface area contributed by atoms with E-state index in [1.807, 2.05) is 19.9 Å². The van der Waals surface area contributed by atoms with Gasteiger partial charge < -0.3 is 29.5 Å². The molecule has 0 saturated carbocycles. The molecule has 1 aliphatic heterocycles. The summed E-state index contributed by atoms with van der Waals surface area (Å²) in [4.78, 5) is 0. The topological polar surface area (TPSA) is 88.4 Å². The molecule has 0 bridgehead atoms. The van der Waals surface area contributed by atoms with Gasteiger partial charge in [0.1, 0.15) is 6.10 Å². The summed E-state index contributed by atoms with van der Waals surface area (Å²) in [5.74, 6) is -0.546. The Labute approximate surface area is 158 Å². The molecule has 1 heterocycles. The predicted octanol–water partition coefficient (Wildman–Crippen LogP) is 2.11. The van der Waals surface area contributed by atoms with Crippen LogP contribution in [0.5, 0.6) is 0 Å². The number of hydrogen-bond donors (Lipinski definition) is 3. The van der Waals surface area contributed by atoms with E-state index in [2.05, 4.69) is 20.4 Å². The van der Waals surface area contributed by atoms with Gasteiger partial charge in [-0.3, -0.25) is 0 Å². The molecular formula is C20H38O6. The SMILES string of the molecule is C=C[C@@H](C)[C@H]1OC(C)(C)O[C@@H](C[C@H](OC)[C@@H](O)[C@H](O)C(C)(C)CO)[C@@H]1C. The molecule has 0 amide bonds. The molecule has 1 fully saturated rings. The van der Waals surface area contributed by atoms with Crippen LogP contribution in [-0.4, -0.2) is 65.3 Å². The Kier molecular flexibility index (Phi) is 8.26. The van der Waals surface area contributed by atoms with Crippen LogP contribution in [0, 0.1) is 17.3 Å². The van der Waals surface area contributed by atoms with Crippen LogP contribution in [-0.2, 0) is 14.2 Å². The Morgan fingerprint density at radius 2 is 1.85 bits per heavy atom. The molecular weight excluding hydrogens is 336 g/mol. The number of aliphatic hydroxyl groups excluding tert-OH is 3. The Balaban J connectivity index is 2.95. The van der Waals surface area contributed by atoms with E-state index in [0.717, 1.165) is 0 Å². The molecule has 1 saturated heterocycles. The minimum absolute atomic E-state index is 0.0591.